The Morgan fingerprint density at radius 2 is 2.18 bits per heavy atom. The fourth-order valence-corrected chi connectivity index (χ4v) is 3.92. The van der Waals surface area contributed by atoms with Crippen LogP contribution in [0.3, 0.4) is 0 Å². The van der Waals surface area contributed by atoms with E-state index in [2.05, 4.69) is 36.5 Å². The predicted molar refractivity (Wildman–Crippen MR) is 74.7 cm³/mol. The van der Waals surface area contributed by atoms with Gasteiger partial charge in [-0.05, 0) is 49.3 Å². The monoisotopic (exact) mass is 247 g/mol. The van der Waals surface area contributed by atoms with Gasteiger partial charge >= 0.3 is 0 Å². The summed E-state index contributed by atoms with van der Waals surface area (Å²) in [6.07, 6.45) is 4.13. The molecule has 0 spiro atoms. The Bertz CT molecular complexity index is 386. The van der Waals surface area contributed by atoms with E-state index in [0.29, 0.717) is 0 Å². The molecule has 17 heavy (non-hydrogen) atoms. The van der Waals surface area contributed by atoms with Crippen LogP contribution in [0.2, 0.25) is 0 Å². The Morgan fingerprint density at radius 3 is 3.00 bits per heavy atom. The Morgan fingerprint density at radius 1 is 1.35 bits per heavy atom. The van der Waals surface area contributed by atoms with Gasteiger partial charge in [0.25, 0.3) is 0 Å². The van der Waals surface area contributed by atoms with Crippen LogP contribution in [-0.2, 0) is 0 Å². The first-order chi connectivity index (χ1) is 8.33. The molecule has 1 aromatic rings. The quantitative estimate of drug-likeness (QED) is 0.852. The lowest BCUT2D eigenvalue weighted by atomic mass is 9.91. The van der Waals surface area contributed by atoms with Crippen molar-refractivity contribution in [2.24, 2.45) is 5.92 Å². The van der Waals surface area contributed by atoms with Crippen molar-refractivity contribution in [3.63, 3.8) is 0 Å². The average molecular weight is 247 g/mol. The summed E-state index contributed by atoms with van der Waals surface area (Å²) < 4.78 is 0. The molecule has 2 aliphatic rings. The minimum atomic E-state index is 0.784. The van der Waals surface area contributed by atoms with Crippen molar-refractivity contribution < 1.29 is 0 Å². The number of hydrogen-bond acceptors (Lipinski definition) is 2. The Labute approximate surface area is 108 Å². The average Bonchev–Trinajstić information content (AvgIpc) is 3.10. The van der Waals surface area contributed by atoms with Gasteiger partial charge in [-0.1, -0.05) is 25.1 Å². The highest BCUT2D eigenvalue weighted by molar-refractivity contribution is 7.99. The van der Waals surface area contributed by atoms with Crippen LogP contribution >= 0.6 is 11.8 Å². The number of rotatable bonds is 5. The minimum absolute atomic E-state index is 0.784. The lowest BCUT2D eigenvalue weighted by molar-refractivity contribution is 0.450. The molecular formula is C15H21NS. The van der Waals surface area contributed by atoms with Gasteiger partial charge in [-0.2, -0.15) is 0 Å². The highest BCUT2D eigenvalue weighted by Gasteiger charge is 2.25. The summed E-state index contributed by atoms with van der Waals surface area (Å²) in [7, 11) is 0. The number of hydrogen-bond donors (Lipinski definition) is 1. The van der Waals surface area contributed by atoms with Gasteiger partial charge in [0.2, 0.25) is 0 Å². The van der Waals surface area contributed by atoms with Gasteiger partial charge in [0.1, 0.15) is 0 Å². The van der Waals surface area contributed by atoms with Crippen LogP contribution in [0.4, 0.5) is 0 Å². The van der Waals surface area contributed by atoms with Crippen LogP contribution in [0.1, 0.15) is 37.7 Å². The van der Waals surface area contributed by atoms with E-state index < -0.39 is 0 Å². The molecule has 1 nitrogen and oxygen atoms in total. The molecule has 1 aliphatic heterocycles. The summed E-state index contributed by atoms with van der Waals surface area (Å²) in [5.74, 6) is 2.87. The van der Waals surface area contributed by atoms with Crippen molar-refractivity contribution in [3.05, 3.63) is 29.8 Å². The summed E-state index contributed by atoms with van der Waals surface area (Å²) in [6.45, 7) is 3.59. The molecule has 0 bridgehead atoms. The lowest BCUT2D eigenvalue weighted by Gasteiger charge is -2.17. The molecule has 2 unspecified atom stereocenters. The molecule has 1 aliphatic carbocycles. The third kappa shape index (κ3) is 2.86. The zero-order valence-corrected chi connectivity index (χ0v) is 11.3. The largest absolute Gasteiger partial charge is 0.314 e. The number of fused-ring (bicyclic) bond motifs is 1. The Balaban J connectivity index is 1.55. The zero-order valence-electron chi connectivity index (χ0n) is 10.5. The molecule has 1 fully saturated rings. The fourth-order valence-electron chi connectivity index (χ4n) is 2.65. The molecule has 92 valence electrons. The van der Waals surface area contributed by atoms with Crippen molar-refractivity contribution in [1.82, 2.24) is 5.32 Å². The van der Waals surface area contributed by atoms with Crippen molar-refractivity contribution in [3.8, 4) is 0 Å². The van der Waals surface area contributed by atoms with Crippen LogP contribution in [-0.4, -0.2) is 18.3 Å². The maximum absolute atomic E-state index is 3.65. The summed E-state index contributed by atoms with van der Waals surface area (Å²) in [5, 5.41) is 3.65. The molecule has 3 rings (SSSR count). The van der Waals surface area contributed by atoms with Gasteiger partial charge in [0.15, 0.2) is 0 Å². The van der Waals surface area contributed by atoms with E-state index in [0.717, 1.165) is 17.9 Å². The zero-order chi connectivity index (χ0) is 11.7. The predicted octanol–water partition coefficient (Wildman–Crippen LogP) is 3.65. The summed E-state index contributed by atoms with van der Waals surface area (Å²) >= 11 is 2.03. The van der Waals surface area contributed by atoms with Crippen molar-refractivity contribution in [1.29, 1.82) is 0 Å². The summed E-state index contributed by atoms with van der Waals surface area (Å²) in [5.41, 5.74) is 1.59. The van der Waals surface area contributed by atoms with Crippen molar-refractivity contribution >= 4 is 11.8 Å². The maximum Gasteiger partial charge on any atom is 0.0107 e. The number of nitrogens with one attached hydrogen (secondary N) is 1. The second-order valence-electron chi connectivity index (χ2n) is 5.57. The van der Waals surface area contributed by atoms with E-state index in [1.54, 1.807) is 5.56 Å². The van der Waals surface area contributed by atoms with Crippen LogP contribution in [0.25, 0.3) is 0 Å². The second-order valence-corrected chi connectivity index (χ2v) is 6.63. The number of thioether (sulfide) groups is 1. The molecule has 2 heteroatoms. The highest BCUT2D eigenvalue weighted by atomic mass is 32.2. The normalized spacial score (nSPS) is 24.6. The molecule has 0 amide bonds. The minimum Gasteiger partial charge on any atom is -0.314 e. The van der Waals surface area contributed by atoms with Gasteiger partial charge in [0.05, 0.1) is 0 Å². The first-order valence-corrected chi connectivity index (χ1v) is 7.76. The molecule has 1 aromatic carbocycles. The molecule has 1 heterocycles. The maximum atomic E-state index is 3.65. The first kappa shape index (κ1) is 11.6. The standard InChI is InChI=1S/C15H21NS/c1-11(9-16-13-6-7-13)8-12-10-17-15-5-3-2-4-14(12)15/h2-5,11-13,16H,6-10H2,1H3. The third-order valence-corrected chi connectivity index (χ3v) is 5.07. The van der Waals surface area contributed by atoms with E-state index >= 15 is 0 Å². The van der Waals surface area contributed by atoms with Crippen LogP contribution in [0, 0.1) is 5.92 Å². The highest BCUT2D eigenvalue weighted by Crippen LogP contribution is 2.42. The molecule has 0 aromatic heterocycles. The van der Waals surface area contributed by atoms with E-state index in [-0.39, 0.29) is 0 Å². The van der Waals surface area contributed by atoms with Crippen LogP contribution < -0.4 is 5.32 Å². The topological polar surface area (TPSA) is 12.0 Å². The third-order valence-electron chi connectivity index (χ3n) is 3.82. The van der Waals surface area contributed by atoms with Crippen molar-refractivity contribution in [2.45, 2.75) is 43.0 Å². The molecule has 1 N–H and O–H groups in total. The van der Waals surface area contributed by atoms with Crippen LogP contribution in [0.15, 0.2) is 29.2 Å². The SMILES string of the molecule is CC(CNC1CC1)CC1CSc2ccccc21. The molecule has 0 radical (unpaired) electrons. The van der Waals surface area contributed by atoms with E-state index in [4.69, 9.17) is 0 Å². The molecule has 2 atom stereocenters. The summed E-state index contributed by atoms with van der Waals surface area (Å²) in [4.78, 5) is 1.51. The smallest absolute Gasteiger partial charge is 0.0107 e. The van der Waals surface area contributed by atoms with Gasteiger partial charge in [-0.3, -0.25) is 0 Å². The molecule has 1 saturated carbocycles. The lowest BCUT2D eigenvalue weighted by Crippen LogP contribution is -2.24. The molecular weight excluding hydrogens is 226 g/mol. The second kappa shape index (κ2) is 5.03. The van der Waals surface area contributed by atoms with Crippen molar-refractivity contribution in [2.75, 3.05) is 12.3 Å². The van der Waals surface area contributed by atoms with Gasteiger partial charge in [0, 0.05) is 16.7 Å². The fraction of sp³-hybridized carbons (Fsp3) is 0.600. The van der Waals surface area contributed by atoms with E-state index in [9.17, 15) is 0 Å². The summed E-state index contributed by atoms with van der Waals surface area (Å²) in [6, 6.07) is 9.79. The Kier molecular flexibility index (Phi) is 3.44. The molecule has 0 saturated heterocycles. The van der Waals surface area contributed by atoms with Crippen LogP contribution in [0.5, 0.6) is 0 Å². The Hall–Kier alpha value is -0.470. The van der Waals surface area contributed by atoms with Gasteiger partial charge in [-0.25, -0.2) is 0 Å². The van der Waals surface area contributed by atoms with Gasteiger partial charge < -0.3 is 5.32 Å². The van der Waals surface area contributed by atoms with Gasteiger partial charge in [-0.15, -0.1) is 11.8 Å². The number of benzene rings is 1. The van der Waals surface area contributed by atoms with E-state index in [1.165, 1.54) is 36.5 Å². The first-order valence-electron chi connectivity index (χ1n) is 6.78. The van der Waals surface area contributed by atoms with E-state index in [1.807, 2.05) is 11.8 Å².